The fourth-order valence-corrected chi connectivity index (χ4v) is 4.67. The number of nitrogens with zero attached hydrogens (tertiary/aromatic N) is 2. The van der Waals surface area contributed by atoms with Crippen LogP contribution in [0.15, 0.2) is 59.2 Å². The summed E-state index contributed by atoms with van der Waals surface area (Å²) < 4.78 is 2.80. The lowest BCUT2D eigenvalue weighted by molar-refractivity contribution is -0.121. The van der Waals surface area contributed by atoms with Crippen LogP contribution in [0.5, 0.6) is 0 Å². The van der Waals surface area contributed by atoms with Crippen LogP contribution in [0.1, 0.15) is 40.2 Å². The molecule has 3 N–H and O–H groups in total. The van der Waals surface area contributed by atoms with Gasteiger partial charge in [0.15, 0.2) is 5.69 Å². The van der Waals surface area contributed by atoms with E-state index in [1.165, 1.54) is 0 Å². The van der Waals surface area contributed by atoms with Crippen molar-refractivity contribution in [3.8, 4) is 5.69 Å². The molecule has 0 fully saturated rings. The summed E-state index contributed by atoms with van der Waals surface area (Å²) in [5.74, 6) is -0.687. The number of rotatable bonds is 4. The van der Waals surface area contributed by atoms with Crippen LogP contribution >= 0.6 is 15.9 Å². The minimum Gasteiger partial charge on any atom is -0.361 e. The number of benzene rings is 2. The molecular formula is C24H22BrN5O2. The number of nitrogens with one attached hydrogen (secondary N) is 3. The fourth-order valence-electron chi connectivity index (χ4n) is 4.28. The number of hydrogen-bond donors (Lipinski definition) is 3. The maximum atomic E-state index is 12.9. The van der Waals surface area contributed by atoms with Gasteiger partial charge in [0.05, 0.1) is 12.1 Å². The van der Waals surface area contributed by atoms with Gasteiger partial charge in [0.25, 0.3) is 5.91 Å². The molecule has 7 nitrogen and oxygen atoms in total. The second kappa shape index (κ2) is 8.63. The number of hydrogen-bond acceptors (Lipinski definition) is 3. The fraction of sp³-hybridized carbons (Fsp3) is 0.208. The van der Waals surface area contributed by atoms with Crippen molar-refractivity contribution >= 4 is 38.6 Å². The van der Waals surface area contributed by atoms with Crippen LogP contribution in [0.2, 0.25) is 0 Å². The van der Waals surface area contributed by atoms with Crippen molar-refractivity contribution < 1.29 is 9.59 Å². The minimum atomic E-state index is -0.399. The van der Waals surface area contributed by atoms with E-state index in [4.69, 9.17) is 0 Å². The summed E-state index contributed by atoms with van der Waals surface area (Å²) in [6.45, 7) is 0. The number of halogens is 1. The first-order valence-corrected chi connectivity index (χ1v) is 11.4. The Morgan fingerprint density at radius 1 is 1.06 bits per heavy atom. The third-order valence-corrected chi connectivity index (χ3v) is 6.28. The Balaban J connectivity index is 1.32. The molecular weight excluding hydrogens is 470 g/mol. The molecule has 2 aromatic carbocycles. The van der Waals surface area contributed by atoms with Crippen LogP contribution < -0.4 is 10.9 Å². The molecule has 1 aliphatic rings. The van der Waals surface area contributed by atoms with Crippen molar-refractivity contribution in [2.45, 2.75) is 32.1 Å². The van der Waals surface area contributed by atoms with Crippen molar-refractivity contribution in [3.63, 3.8) is 0 Å². The van der Waals surface area contributed by atoms with E-state index < -0.39 is 5.91 Å². The molecule has 2 amide bonds. The van der Waals surface area contributed by atoms with Gasteiger partial charge in [0, 0.05) is 32.8 Å². The van der Waals surface area contributed by atoms with Crippen LogP contribution in [0.25, 0.3) is 16.6 Å². The number of carbonyl (C=O) groups is 2. The van der Waals surface area contributed by atoms with Crippen LogP contribution in [-0.4, -0.2) is 26.6 Å². The first kappa shape index (κ1) is 20.5. The van der Waals surface area contributed by atoms with Crippen LogP contribution in [-0.2, 0) is 24.1 Å². The zero-order chi connectivity index (χ0) is 22.1. The van der Waals surface area contributed by atoms with Crippen molar-refractivity contribution in [3.05, 3.63) is 81.7 Å². The molecule has 32 heavy (non-hydrogen) atoms. The summed E-state index contributed by atoms with van der Waals surface area (Å²) in [5, 5.41) is 5.62. The number of fused-ring (bicyclic) bond motifs is 2. The van der Waals surface area contributed by atoms with Crippen LogP contribution in [0, 0.1) is 0 Å². The Kier molecular flexibility index (Phi) is 5.53. The maximum absolute atomic E-state index is 12.9. The number of aromatic nitrogens is 3. The summed E-state index contributed by atoms with van der Waals surface area (Å²) in [7, 11) is 0. The normalized spacial score (nSPS) is 13.0. The molecule has 0 radical (unpaired) electrons. The van der Waals surface area contributed by atoms with Crippen molar-refractivity contribution in [1.82, 2.24) is 25.6 Å². The minimum absolute atomic E-state index is 0.162. The van der Waals surface area contributed by atoms with E-state index in [2.05, 4.69) is 36.9 Å². The summed E-state index contributed by atoms with van der Waals surface area (Å²) in [6, 6.07) is 15.7. The zero-order valence-electron chi connectivity index (χ0n) is 17.3. The summed E-state index contributed by atoms with van der Waals surface area (Å²) in [6.07, 6.45) is 5.74. The highest BCUT2D eigenvalue weighted by atomic mass is 79.9. The van der Waals surface area contributed by atoms with Crippen molar-refractivity contribution in [2.24, 2.45) is 0 Å². The van der Waals surface area contributed by atoms with E-state index >= 15 is 0 Å². The van der Waals surface area contributed by atoms with E-state index in [9.17, 15) is 9.59 Å². The molecule has 8 heteroatoms. The molecule has 4 aromatic rings. The number of aromatic amines is 1. The second-order valence-corrected chi connectivity index (χ2v) is 8.83. The third kappa shape index (κ3) is 3.93. The second-order valence-electron chi connectivity index (χ2n) is 7.91. The Labute approximate surface area is 193 Å². The quantitative estimate of drug-likeness (QED) is 0.376. The monoisotopic (exact) mass is 491 g/mol. The van der Waals surface area contributed by atoms with Crippen molar-refractivity contribution in [2.75, 3.05) is 0 Å². The number of carbonyl (C=O) groups excluding carboxylic acids is 2. The first-order chi connectivity index (χ1) is 15.6. The largest absolute Gasteiger partial charge is 0.361 e. The molecule has 2 aromatic heterocycles. The van der Waals surface area contributed by atoms with Gasteiger partial charge in [0.2, 0.25) is 5.91 Å². The van der Waals surface area contributed by atoms with E-state index in [1.54, 1.807) is 0 Å². The molecule has 0 saturated heterocycles. The number of hydrazine groups is 1. The molecule has 162 valence electrons. The van der Waals surface area contributed by atoms with Gasteiger partial charge >= 0.3 is 0 Å². The van der Waals surface area contributed by atoms with Gasteiger partial charge in [-0.25, -0.2) is 4.68 Å². The van der Waals surface area contributed by atoms with E-state index in [1.807, 2.05) is 59.4 Å². The predicted octanol–water partition coefficient (Wildman–Crippen LogP) is 4.00. The Hall–Kier alpha value is -3.39. The Morgan fingerprint density at radius 2 is 1.91 bits per heavy atom. The highest BCUT2D eigenvalue weighted by Gasteiger charge is 2.26. The van der Waals surface area contributed by atoms with Crippen LogP contribution in [0.3, 0.4) is 0 Å². The highest BCUT2D eigenvalue weighted by molar-refractivity contribution is 9.10. The maximum Gasteiger partial charge on any atom is 0.290 e. The molecule has 0 spiro atoms. The number of amides is 2. The lowest BCUT2D eigenvalue weighted by Crippen LogP contribution is -2.42. The average molecular weight is 492 g/mol. The van der Waals surface area contributed by atoms with E-state index in [0.717, 1.165) is 63.6 Å². The smallest absolute Gasteiger partial charge is 0.290 e. The Morgan fingerprint density at radius 3 is 2.78 bits per heavy atom. The van der Waals surface area contributed by atoms with Gasteiger partial charge in [-0.3, -0.25) is 20.4 Å². The van der Waals surface area contributed by atoms with Gasteiger partial charge in [-0.15, -0.1) is 0 Å². The van der Waals surface area contributed by atoms with Gasteiger partial charge in [-0.1, -0.05) is 40.2 Å². The molecule has 0 atom stereocenters. The summed E-state index contributed by atoms with van der Waals surface area (Å²) in [5.41, 5.74) is 10.2. The topological polar surface area (TPSA) is 91.8 Å². The first-order valence-electron chi connectivity index (χ1n) is 10.6. The zero-order valence-corrected chi connectivity index (χ0v) is 18.9. The predicted molar refractivity (Wildman–Crippen MR) is 126 cm³/mol. The molecule has 2 heterocycles. The van der Waals surface area contributed by atoms with E-state index in [0.29, 0.717) is 5.69 Å². The lowest BCUT2D eigenvalue weighted by Gasteiger charge is -2.14. The molecule has 0 aliphatic heterocycles. The molecule has 0 unspecified atom stereocenters. The van der Waals surface area contributed by atoms with Gasteiger partial charge in [-0.05, 0) is 55.5 Å². The summed E-state index contributed by atoms with van der Waals surface area (Å²) >= 11 is 3.50. The van der Waals surface area contributed by atoms with Gasteiger partial charge < -0.3 is 4.98 Å². The van der Waals surface area contributed by atoms with Crippen molar-refractivity contribution in [1.29, 1.82) is 0 Å². The SMILES string of the molecule is O=C(Cc1c[nH]c2ccccc12)NNC(=O)c1nn(-c2cccc(Br)c2)c2c1CCCC2. The van der Waals surface area contributed by atoms with Gasteiger partial charge in [0.1, 0.15) is 0 Å². The molecule has 5 rings (SSSR count). The van der Waals surface area contributed by atoms with E-state index in [-0.39, 0.29) is 12.3 Å². The molecule has 1 aliphatic carbocycles. The number of para-hydroxylation sites is 1. The lowest BCUT2D eigenvalue weighted by atomic mass is 9.95. The summed E-state index contributed by atoms with van der Waals surface area (Å²) in [4.78, 5) is 28.6. The highest BCUT2D eigenvalue weighted by Crippen LogP contribution is 2.28. The molecule has 0 bridgehead atoms. The standard InChI is InChI=1S/C24H22BrN5O2/c25-16-6-5-7-17(13-16)30-21-11-4-2-9-19(21)23(29-30)24(32)28-27-22(31)12-15-14-26-20-10-3-1-8-18(15)20/h1,3,5-8,10,13-14,26H,2,4,9,11-12H2,(H,27,31)(H,28,32). The Bertz CT molecular complexity index is 1320. The van der Waals surface area contributed by atoms with Crippen LogP contribution in [0.4, 0.5) is 0 Å². The number of H-pyrrole nitrogens is 1. The third-order valence-electron chi connectivity index (χ3n) is 5.79. The molecule has 0 saturated carbocycles. The van der Waals surface area contributed by atoms with Gasteiger partial charge in [-0.2, -0.15) is 5.10 Å². The average Bonchev–Trinajstić information content (AvgIpc) is 3.40.